The van der Waals surface area contributed by atoms with Crippen molar-refractivity contribution in [2.45, 2.75) is 77.7 Å². The van der Waals surface area contributed by atoms with Gasteiger partial charge in [-0.15, -0.1) is 0 Å². The van der Waals surface area contributed by atoms with Crippen LogP contribution in [0.25, 0.3) is 22.6 Å². The number of hydrogen-bond donors (Lipinski definition) is 1. The topological polar surface area (TPSA) is 82.8 Å². The summed E-state index contributed by atoms with van der Waals surface area (Å²) in [6.07, 6.45) is 8.57. The van der Waals surface area contributed by atoms with Crippen molar-refractivity contribution in [2.24, 2.45) is 0 Å². The molecule has 0 spiro atoms. The van der Waals surface area contributed by atoms with E-state index in [0.29, 0.717) is 0 Å². The quantitative estimate of drug-likeness (QED) is 0.272. The number of benzene rings is 2. The minimum Gasteiger partial charge on any atom is -0.478 e. The molecule has 204 valence electrons. The number of carboxylic acids is 1. The fourth-order valence-electron chi connectivity index (χ4n) is 5.27. The maximum atomic E-state index is 11.0. The van der Waals surface area contributed by atoms with E-state index >= 15 is 0 Å². The first-order valence-corrected chi connectivity index (χ1v) is 13.8. The first-order valence-electron chi connectivity index (χ1n) is 13.8. The van der Waals surface area contributed by atoms with E-state index in [9.17, 15) is 4.79 Å². The maximum absolute atomic E-state index is 11.0. The van der Waals surface area contributed by atoms with Crippen LogP contribution in [-0.4, -0.2) is 45.8 Å². The standard InChI is InChI=1S/C31H37BN2O5/c1-6-25(32-38-30(2,3)31(4,5)39-32)29(22-13-10-21(11-14-22)12-17-28(35)36)23-15-16-26-24(19-23)20-33-34(26)27-9-7-8-18-37-27/h10-17,19-20,27H,6-9,18H2,1-5H3,(H,35,36). The predicted molar refractivity (Wildman–Crippen MR) is 154 cm³/mol. The van der Waals surface area contributed by atoms with Crippen LogP contribution in [0.15, 0.2) is 60.2 Å². The number of nitrogens with zero attached hydrogens (tertiary/aromatic N) is 2. The Hall–Kier alpha value is -3.20. The van der Waals surface area contributed by atoms with Crippen LogP contribution >= 0.6 is 0 Å². The SMILES string of the molecule is CCC(B1OC(C)(C)C(C)(C)O1)=C(c1ccc(C=CC(=O)O)cc1)c1ccc2c(cnn2C2CCCCO2)c1. The minimum atomic E-state index is -0.971. The lowest BCUT2D eigenvalue weighted by molar-refractivity contribution is -0.131. The van der Waals surface area contributed by atoms with Gasteiger partial charge in [-0.05, 0) is 99.3 Å². The molecule has 39 heavy (non-hydrogen) atoms. The molecule has 0 radical (unpaired) electrons. The third-order valence-corrected chi connectivity index (χ3v) is 8.17. The van der Waals surface area contributed by atoms with E-state index < -0.39 is 24.3 Å². The Morgan fingerprint density at radius 3 is 2.38 bits per heavy atom. The molecule has 0 saturated carbocycles. The molecule has 1 aromatic heterocycles. The van der Waals surface area contributed by atoms with Gasteiger partial charge in [0.25, 0.3) is 0 Å². The van der Waals surface area contributed by atoms with E-state index in [1.54, 1.807) is 6.08 Å². The molecule has 1 unspecified atom stereocenters. The first-order chi connectivity index (χ1) is 18.6. The number of ether oxygens (including phenoxy) is 1. The smallest absolute Gasteiger partial charge is 0.478 e. The summed E-state index contributed by atoms with van der Waals surface area (Å²) in [5, 5.41) is 14.7. The van der Waals surface area contributed by atoms with Gasteiger partial charge in [-0.3, -0.25) is 0 Å². The van der Waals surface area contributed by atoms with E-state index in [0.717, 1.165) is 77.0 Å². The lowest BCUT2D eigenvalue weighted by Gasteiger charge is -2.32. The van der Waals surface area contributed by atoms with Gasteiger partial charge in [-0.2, -0.15) is 5.10 Å². The Bertz CT molecular complexity index is 1400. The van der Waals surface area contributed by atoms with Crippen molar-refractivity contribution in [1.82, 2.24) is 9.78 Å². The monoisotopic (exact) mass is 528 g/mol. The van der Waals surface area contributed by atoms with E-state index in [1.807, 2.05) is 35.1 Å². The molecule has 1 N–H and O–H groups in total. The Labute approximate surface area is 230 Å². The van der Waals surface area contributed by atoms with E-state index in [1.165, 1.54) is 0 Å². The maximum Gasteiger partial charge on any atom is 0.491 e. The van der Waals surface area contributed by atoms with Crippen molar-refractivity contribution in [3.63, 3.8) is 0 Å². The van der Waals surface area contributed by atoms with Gasteiger partial charge < -0.3 is 19.2 Å². The second-order valence-corrected chi connectivity index (χ2v) is 11.3. The summed E-state index contributed by atoms with van der Waals surface area (Å²) in [5.41, 5.74) is 5.12. The van der Waals surface area contributed by atoms with Crippen LogP contribution in [0.2, 0.25) is 0 Å². The van der Waals surface area contributed by atoms with Crippen molar-refractivity contribution in [2.75, 3.05) is 6.61 Å². The molecule has 2 aliphatic heterocycles. The zero-order valence-electron chi connectivity index (χ0n) is 23.4. The van der Waals surface area contributed by atoms with Crippen molar-refractivity contribution in [1.29, 1.82) is 0 Å². The molecular weight excluding hydrogens is 491 g/mol. The molecule has 3 heterocycles. The average Bonchev–Trinajstić information content (AvgIpc) is 3.43. The Kier molecular flexibility index (Phi) is 7.55. The molecule has 5 rings (SSSR count). The number of rotatable bonds is 7. The number of carboxylic acid groups (broad SMARTS) is 1. The average molecular weight is 528 g/mol. The summed E-state index contributed by atoms with van der Waals surface area (Å²) in [5.74, 6) is -0.971. The van der Waals surface area contributed by atoms with Crippen LogP contribution in [0.1, 0.15) is 83.2 Å². The van der Waals surface area contributed by atoms with E-state index in [2.05, 4.69) is 57.9 Å². The molecule has 2 aromatic carbocycles. The van der Waals surface area contributed by atoms with Gasteiger partial charge >= 0.3 is 13.1 Å². The fraction of sp³-hybridized carbons (Fsp3) is 0.419. The van der Waals surface area contributed by atoms with Gasteiger partial charge in [0.2, 0.25) is 0 Å². The summed E-state index contributed by atoms with van der Waals surface area (Å²) in [7, 11) is -0.490. The highest BCUT2D eigenvalue weighted by molar-refractivity contribution is 6.56. The van der Waals surface area contributed by atoms with Gasteiger partial charge in [0.05, 0.1) is 22.9 Å². The number of allylic oxidation sites excluding steroid dienone is 1. The van der Waals surface area contributed by atoms with Crippen LogP contribution in [0.4, 0.5) is 0 Å². The summed E-state index contributed by atoms with van der Waals surface area (Å²) < 4.78 is 21.0. The number of hydrogen-bond acceptors (Lipinski definition) is 5. The lowest BCUT2D eigenvalue weighted by Crippen LogP contribution is -2.41. The van der Waals surface area contributed by atoms with Crippen molar-refractivity contribution < 1.29 is 23.9 Å². The van der Waals surface area contributed by atoms with Crippen LogP contribution in [0, 0.1) is 0 Å². The molecule has 0 amide bonds. The predicted octanol–water partition coefficient (Wildman–Crippen LogP) is 6.68. The fourth-order valence-corrected chi connectivity index (χ4v) is 5.27. The zero-order chi connectivity index (χ0) is 27.8. The third kappa shape index (κ3) is 5.46. The zero-order valence-corrected chi connectivity index (χ0v) is 23.4. The normalized spacial score (nSPS) is 21.5. The van der Waals surface area contributed by atoms with Gasteiger partial charge in [0.15, 0.2) is 6.23 Å². The molecule has 8 heteroatoms. The molecule has 2 saturated heterocycles. The molecule has 3 aromatic rings. The van der Waals surface area contributed by atoms with E-state index in [4.69, 9.17) is 19.2 Å². The highest BCUT2D eigenvalue weighted by atomic mass is 16.7. The number of carbonyl (C=O) groups is 1. The summed E-state index contributed by atoms with van der Waals surface area (Å²) in [6.45, 7) is 11.2. The second kappa shape index (κ2) is 10.8. The van der Waals surface area contributed by atoms with Gasteiger partial charge in [-0.25, -0.2) is 9.48 Å². The largest absolute Gasteiger partial charge is 0.491 e. The lowest BCUT2D eigenvalue weighted by atomic mass is 9.70. The second-order valence-electron chi connectivity index (χ2n) is 11.3. The molecule has 0 bridgehead atoms. The highest BCUT2D eigenvalue weighted by Crippen LogP contribution is 2.42. The van der Waals surface area contributed by atoms with Crippen molar-refractivity contribution in [3.8, 4) is 0 Å². The van der Waals surface area contributed by atoms with Gasteiger partial charge in [0.1, 0.15) is 0 Å². The molecule has 1 atom stereocenters. The van der Waals surface area contributed by atoms with Crippen LogP contribution < -0.4 is 0 Å². The molecular formula is C31H37BN2O5. The molecule has 7 nitrogen and oxygen atoms in total. The molecule has 2 aliphatic rings. The summed E-state index contributed by atoms with van der Waals surface area (Å²) >= 11 is 0. The van der Waals surface area contributed by atoms with Crippen molar-refractivity contribution in [3.05, 3.63) is 76.9 Å². The highest BCUT2D eigenvalue weighted by Gasteiger charge is 2.52. The summed E-state index contributed by atoms with van der Waals surface area (Å²) in [6, 6.07) is 14.4. The third-order valence-electron chi connectivity index (χ3n) is 8.17. The van der Waals surface area contributed by atoms with Crippen LogP contribution in [0.5, 0.6) is 0 Å². The Morgan fingerprint density at radius 2 is 1.77 bits per heavy atom. The Morgan fingerprint density at radius 1 is 1.08 bits per heavy atom. The first kappa shape index (κ1) is 27.4. The number of aliphatic carboxylic acids is 1. The molecule has 2 fully saturated rings. The van der Waals surface area contributed by atoms with Crippen molar-refractivity contribution >= 4 is 35.6 Å². The number of fused-ring (bicyclic) bond motifs is 1. The Balaban J connectivity index is 1.61. The van der Waals surface area contributed by atoms with E-state index in [-0.39, 0.29) is 6.23 Å². The van der Waals surface area contributed by atoms with Crippen LogP contribution in [-0.2, 0) is 18.8 Å². The summed E-state index contributed by atoms with van der Waals surface area (Å²) in [4.78, 5) is 11.0. The number of aromatic nitrogens is 2. The van der Waals surface area contributed by atoms with Gasteiger partial charge in [0, 0.05) is 18.1 Å². The minimum absolute atomic E-state index is 0.0283. The molecule has 0 aliphatic carbocycles. The van der Waals surface area contributed by atoms with Gasteiger partial charge in [-0.1, -0.05) is 37.3 Å². The van der Waals surface area contributed by atoms with Crippen LogP contribution in [0.3, 0.4) is 0 Å².